The summed E-state index contributed by atoms with van der Waals surface area (Å²) in [5.41, 5.74) is 0.956. The van der Waals surface area contributed by atoms with Crippen LogP contribution < -0.4 is 25.4 Å². The molecule has 1 aromatic heterocycles. The first-order valence-electron chi connectivity index (χ1n) is 8.78. The summed E-state index contributed by atoms with van der Waals surface area (Å²) >= 11 is 0. The molecule has 10 heteroatoms. The van der Waals surface area contributed by atoms with Gasteiger partial charge in [-0.2, -0.15) is 8.78 Å². The zero-order valence-corrected chi connectivity index (χ0v) is 16.1. The number of amides is 1. The van der Waals surface area contributed by atoms with Crippen LogP contribution in [0.2, 0.25) is 0 Å². The van der Waals surface area contributed by atoms with Gasteiger partial charge in [0.05, 0.1) is 12.7 Å². The van der Waals surface area contributed by atoms with Crippen molar-refractivity contribution in [2.75, 3.05) is 27.2 Å². The van der Waals surface area contributed by atoms with Gasteiger partial charge in [-0.1, -0.05) is 0 Å². The number of aliphatic imine (C=N–C) groups is 1. The number of guanidine groups is 1. The number of carbonyl (C=O) groups excluding carboxylic acids is 1. The van der Waals surface area contributed by atoms with E-state index in [1.165, 1.54) is 19.4 Å². The molecular weight excluding hydrogens is 384 g/mol. The molecule has 2 rings (SSSR count). The van der Waals surface area contributed by atoms with Crippen LogP contribution in [0.1, 0.15) is 15.9 Å². The first-order chi connectivity index (χ1) is 14.0. The van der Waals surface area contributed by atoms with Gasteiger partial charge in [0.25, 0.3) is 5.91 Å². The van der Waals surface area contributed by atoms with Gasteiger partial charge in [0.2, 0.25) is 0 Å². The van der Waals surface area contributed by atoms with E-state index in [1.807, 2.05) is 0 Å². The Kier molecular flexibility index (Phi) is 8.61. The molecule has 0 unspecified atom stereocenters. The third kappa shape index (κ3) is 7.24. The van der Waals surface area contributed by atoms with Crippen molar-refractivity contribution in [1.82, 2.24) is 20.9 Å². The zero-order valence-electron chi connectivity index (χ0n) is 16.1. The smallest absolute Gasteiger partial charge is 0.387 e. The molecule has 2 aromatic rings. The molecule has 0 saturated carbocycles. The molecule has 1 aromatic carbocycles. The quantitative estimate of drug-likeness (QED) is 0.333. The number of ether oxygens (including phenoxy) is 2. The number of nitrogens with one attached hydrogen (secondary N) is 3. The van der Waals surface area contributed by atoms with Crippen molar-refractivity contribution in [1.29, 1.82) is 0 Å². The highest BCUT2D eigenvalue weighted by molar-refractivity contribution is 5.93. The van der Waals surface area contributed by atoms with Gasteiger partial charge in [-0.05, 0) is 30.3 Å². The van der Waals surface area contributed by atoms with E-state index in [0.29, 0.717) is 35.9 Å². The number of methoxy groups -OCH3 is 1. The average Bonchev–Trinajstić information content (AvgIpc) is 2.74. The highest BCUT2D eigenvalue weighted by atomic mass is 19.3. The predicted molar refractivity (Wildman–Crippen MR) is 104 cm³/mol. The highest BCUT2D eigenvalue weighted by Crippen LogP contribution is 2.25. The van der Waals surface area contributed by atoms with Gasteiger partial charge in [0.15, 0.2) is 5.96 Å². The van der Waals surface area contributed by atoms with Crippen LogP contribution in [-0.2, 0) is 6.54 Å². The molecule has 0 atom stereocenters. The summed E-state index contributed by atoms with van der Waals surface area (Å²) in [7, 11) is 3.06. The second-order valence-corrected chi connectivity index (χ2v) is 5.70. The number of alkyl halides is 2. The fourth-order valence-electron chi connectivity index (χ4n) is 2.39. The molecule has 156 valence electrons. The number of pyridine rings is 1. The minimum Gasteiger partial charge on any atom is -0.497 e. The molecule has 0 spiro atoms. The zero-order chi connectivity index (χ0) is 21.1. The highest BCUT2D eigenvalue weighted by Gasteiger charge is 2.12. The number of hydrogen-bond acceptors (Lipinski definition) is 5. The summed E-state index contributed by atoms with van der Waals surface area (Å²) in [5, 5.41) is 8.78. The Bertz CT molecular complexity index is 819. The predicted octanol–water partition coefficient (Wildman–Crippen LogP) is 1.79. The molecule has 0 fully saturated rings. The number of aromatic nitrogens is 1. The molecule has 0 aliphatic rings. The molecule has 0 aliphatic heterocycles. The molecule has 1 amide bonds. The van der Waals surface area contributed by atoms with E-state index in [9.17, 15) is 13.6 Å². The lowest BCUT2D eigenvalue weighted by atomic mass is 10.2. The lowest BCUT2D eigenvalue weighted by Gasteiger charge is -2.15. The van der Waals surface area contributed by atoms with Crippen molar-refractivity contribution in [2.45, 2.75) is 13.2 Å². The minimum atomic E-state index is -2.93. The van der Waals surface area contributed by atoms with Crippen molar-refractivity contribution in [3.8, 4) is 11.5 Å². The monoisotopic (exact) mass is 407 g/mol. The number of carbonyl (C=O) groups is 1. The minimum absolute atomic E-state index is 0.0486. The Morgan fingerprint density at radius 1 is 1.21 bits per heavy atom. The fraction of sp³-hybridized carbons (Fsp3) is 0.316. The van der Waals surface area contributed by atoms with E-state index in [0.717, 1.165) is 0 Å². The summed E-state index contributed by atoms with van der Waals surface area (Å²) in [4.78, 5) is 19.9. The van der Waals surface area contributed by atoms with Gasteiger partial charge in [-0.25, -0.2) is 0 Å². The number of halogens is 2. The van der Waals surface area contributed by atoms with Crippen molar-refractivity contribution in [3.63, 3.8) is 0 Å². The molecular formula is C19H23F2N5O3. The van der Waals surface area contributed by atoms with Crippen LogP contribution in [0.5, 0.6) is 11.5 Å². The second kappa shape index (κ2) is 11.4. The first-order valence-corrected chi connectivity index (χ1v) is 8.78. The fourth-order valence-corrected chi connectivity index (χ4v) is 2.39. The topological polar surface area (TPSA) is 96.9 Å². The Balaban J connectivity index is 1.83. The summed E-state index contributed by atoms with van der Waals surface area (Å²) in [6.45, 7) is -1.98. The van der Waals surface area contributed by atoms with E-state index >= 15 is 0 Å². The third-order valence-electron chi connectivity index (χ3n) is 3.78. The van der Waals surface area contributed by atoms with Crippen molar-refractivity contribution in [3.05, 3.63) is 53.9 Å². The van der Waals surface area contributed by atoms with Crippen LogP contribution in [-0.4, -0.2) is 50.7 Å². The second-order valence-electron chi connectivity index (χ2n) is 5.70. The third-order valence-corrected chi connectivity index (χ3v) is 3.78. The van der Waals surface area contributed by atoms with Crippen LogP contribution >= 0.6 is 0 Å². The van der Waals surface area contributed by atoms with Gasteiger partial charge >= 0.3 is 6.61 Å². The standard InChI is InChI=1S/C19H23F2N5O3/c1-22-19(25-9-8-24-17(27)13-4-3-7-23-11-13)26-12-14-10-15(28-2)5-6-16(14)29-18(20)21/h3-7,10-11,18H,8-9,12H2,1-2H3,(H,24,27)(H2,22,25,26). The molecule has 0 radical (unpaired) electrons. The summed E-state index contributed by atoms with van der Waals surface area (Å²) in [6, 6.07) is 7.92. The van der Waals surface area contributed by atoms with Crippen molar-refractivity contribution < 1.29 is 23.0 Å². The van der Waals surface area contributed by atoms with E-state index in [4.69, 9.17) is 4.74 Å². The van der Waals surface area contributed by atoms with Gasteiger partial charge < -0.3 is 25.4 Å². The molecule has 1 heterocycles. The molecule has 3 N–H and O–H groups in total. The van der Waals surface area contributed by atoms with Crippen LogP contribution in [0, 0.1) is 0 Å². The Morgan fingerprint density at radius 2 is 2.00 bits per heavy atom. The van der Waals surface area contributed by atoms with E-state index in [1.54, 1.807) is 37.5 Å². The van der Waals surface area contributed by atoms with E-state index < -0.39 is 6.61 Å². The molecule has 0 bridgehead atoms. The Hall–Kier alpha value is -3.43. The molecule has 8 nitrogen and oxygen atoms in total. The number of benzene rings is 1. The largest absolute Gasteiger partial charge is 0.497 e. The number of nitrogens with zero attached hydrogens (tertiary/aromatic N) is 2. The van der Waals surface area contributed by atoms with Gasteiger partial charge in [0.1, 0.15) is 11.5 Å². The van der Waals surface area contributed by atoms with E-state index in [2.05, 4.69) is 30.7 Å². The van der Waals surface area contributed by atoms with Crippen LogP contribution in [0.3, 0.4) is 0 Å². The molecule has 29 heavy (non-hydrogen) atoms. The molecule has 0 aliphatic carbocycles. The lowest BCUT2D eigenvalue weighted by molar-refractivity contribution is -0.0505. The van der Waals surface area contributed by atoms with Gasteiger partial charge in [-0.3, -0.25) is 14.8 Å². The Morgan fingerprint density at radius 3 is 2.66 bits per heavy atom. The lowest BCUT2D eigenvalue weighted by Crippen LogP contribution is -2.41. The first kappa shape index (κ1) is 21.9. The van der Waals surface area contributed by atoms with Crippen LogP contribution in [0.15, 0.2) is 47.7 Å². The van der Waals surface area contributed by atoms with Gasteiger partial charge in [0, 0.05) is 44.6 Å². The van der Waals surface area contributed by atoms with E-state index in [-0.39, 0.29) is 18.2 Å². The Labute approximate surface area is 167 Å². The van der Waals surface area contributed by atoms with Gasteiger partial charge in [-0.15, -0.1) is 0 Å². The summed E-state index contributed by atoms with van der Waals surface area (Å²) in [5.74, 6) is 0.774. The maximum atomic E-state index is 12.6. The van der Waals surface area contributed by atoms with Crippen molar-refractivity contribution >= 4 is 11.9 Å². The maximum Gasteiger partial charge on any atom is 0.387 e. The summed E-state index contributed by atoms with van der Waals surface area (Å²) in [6.07, 6.45) is 3.07. The number of rotatable bonds is 9. The average molecular weight is 407 g/mol. The maximum absolute atomic E-state index is 12.6. The van der Waals surface area contributed by atoms with Crippen LogP contribution in [0.25, 0.3) is 0 Å². The van der Waals surface area contributed by atoms with Crippen LogP contribution in [0.4, 0.5) is 8.78 Å². The molecule has 0 saturated heterocycles. The SMILES string of the molecule is CN=C(NCCNC(=O)c1cccnc1)NCc1cc(OC)ccc1OC(F)F. The normalized spacial score (nSPS) is 11.1. The number of hydrogen-bond donors (Lipinski definition) is 3. The summed E-state index contributed by atoms with van der Waals surface area (Å²) < 4.78 is 34.8. The van der Waals surface area contributed by atoms with Crippen molar-refractivity contribution in [2.24, 2.45) is 4.99 Å².